The van der Waals surface area contributed by atoms with Gasteiger partial charge in [-0.05, 0) is 66.6 Å². The minimum atomic E-state index is -0.840. The molecule has 2 heterocycles. The molecule has 1 N–H and O–H groups in total. The molecule has 0 aliphatic heterocycles. The van der Waals surface area contributed by atoms with Crippen LogP contribution in [0.3, 0.4) is 0 Å². The van der Waals surface area contributed by atoms with Gasteiger partial charge in [0, 0.05) is 16.5 Å². The normalized spacial score (nSPS) is 14.7. The van der Waals surface area contributed by atoms with Crippen LogP contribution in [0.25, 0.3) is 33.7 Å². The minimum Gasteiger partial charge on any atom is -0.481 e. The van der Waals surface area contributed by atoms with Crippen molar-refractivity contribution in [3.05, 3.63) is 53.7 Å². The summed E-state index contributed by atoms with van der Waals surface area (Å²) in [5.41, 5.74) is 5.52. The van der Waals surface area contributed by atoms with Crippen LogP contribution in [-0.2, 0) is 17.8 Å². The van der Waals surface area contributed by atoms with Gasteiger partial charge in [0.15, 0.2) is 0 Å². The number of rotatable bonds is 7. The van der Waals surface area contributed by atoms with Gasteiger partial charge in [-0.2, -0.15) is 10.1 Å². The molecule has 0 radical (unpaired) electrons. The van der Waals surface area contributed by atoms with Crippen molar-refractivity contribution in [2.24, 2.45) is 0 Å². The third kappa shape index (κ3) is 4.40. The van der Waals surface area contributed by atoms with E-state index in [9.17, 15) is 4.79 Å². The first-order valence-corrected chi connectivity index (χ1v) is 11.8. The number of hydrogen-bond acceptors (Lipinski definition) is 5. The van der Waals surface area contributed by atoms with Crippen LogP contribution in [0.5, 0.6) is 0 Å². The number of fused-ring (bicyclic) bond motifs is 1. The monoisotopic (exact) mass is 444 g/mol. The number of carboxylic acid groups (broad SMARTS) is 1. The van der Waals surface area contributed by atoms with E-state index in [1.807, 2.05) is 18.2 Å². The van der Waals surface area contributed by atoms with E-state index in [0.717, 1.165) is 28.5 Å². The maximum Gasteiger partial charge on any atom is 0.305 e. The highest BCUT2D eigenvalue weighted by atomic mass is 16.5. The van der Waals surface area contributed by atoms with Gasteiger partial charge in [0.25, 0.3) is 5.89 Å². The summed E-state index contributed by atoms with van der Waals surface area (Å²) in [5, 5.41) is 18.4. The highest BCUT2D eigenvalue weighted by Gasteiger charge is 2.20. The Hall–Kier alpha value is -3.48. The van der Waals surface area contributed by atoms with E-state index in [1.54, 1.807) is 10.9 Å². The second-order valence-corrected chi connectivity index (χ2v) is 8.81. The minimum absolute atomic E-state index is 0.0337. The maximum absolute atomic E-state index is 10.9. The van der Waals surface area contributed by atoms with Crippen LogP contribution in [0, 0.1) is 0 Å². The molecule has 1 fully saturated rings. The van der Waals surface area contributed by atoms with Gasteiger partial charge < -0.3 is 9.63 Å². The van der Waals surface area contributed by atoms with Gasteiger partial charge in [0.1, 0.15) is 0 Å². The summed E-state index contributed by atoms with van der Waals surface area (Å²) >= 11 is 0. The third-order valence-corrected chi connectivity index (χ3v) is 6.68. The van der Waals surface area contributed by atoms with Crippen LogP contribution in [-0.4, -0.2) is 31.0 Å². The van der Waals surface area contributed by atoms with E-state index in [1.165, 1.54) is 43.2 Å². The quantitative estimate of drug-likeness (QED) is 0.385. The van der Waals surface area contributed by atoms with E-state index >= 15 is 0 Å². The molecule has 0 spiro atoms. The van der Waals surface area contributed by atoms with E-state index in [2.05, 4.69) is 40.4 Å². The van der Waals surface area contributed by atoms with Crippen molar-refractivity contribution in [1.82, 2.24) is 19.9 Å². The Labute approximate surface area is 192 Å². The Morgan fingerprint density at radius 3 is 2.73 bits per heavy atom. The molecule has 0 atom stereocenters. The number of benzene rings is 2. The average molecular weight is 445 g/mol. The molecule has 1 saturated carbocycles. The van der Waals surface area contributed by atoms with E-state index < -0.39 is 5.97 Å². The van der Waals surface area contributed by atoms with Crippen molar-refractivity contribution < 1.29 is 14.4 Å². The predicted molar refractivity (Wildman–Crippen MR) is 126 cm³/mol. The zero-order chi connectivity index (χ0) is 22.8. The van der Waals surface area contributed by atoms with Gasteiger partial charge in [-0.15, -0.1) is 0 Å². The van der Waals surface area contributed by atoms with Crippen molar-refractivity contribution >= 4 is 16.9 Å². The lowest BCUT2D eigenvalue weighted by molar-refractivity contribution is -0.137. The summed E-state index contributed by atoms with van der Waals surface area (Å²) < 4.78 is 7.33. The summed E-state index contributed by atoms with van der Waals surface area (Å²) in [6.07, 6.45) is 9.33. The van der Waals surface area contributed by atoms with Gasteiger partial charge in [-0.3, -0.25) is 9.48 Å². The largest absolute Gasteiger partial charge is 0.481 e. The highest BCUT2D eigenvalue weighted by Crippen LogP contribution is 2.36. The second kappa shape index (κ2) is 9.17. The highest BCUT2D eigenvalue weighted by molar-refractivity contribution is 5.83. The molecule has 0 saturated heterocycles. The lowest BCUT2D eigenvalue weighted by Gasteiger charge is -2.24. The molecule has 0 amide bonds. The first kappa shape index (κ1) is 21.4. The molecule has 4 aromatic rings. The fourth-order valence-corrected chi connectivity index (χ4v) is 4.92. The van der Waals surface area contributed by atoms with Crippen LogP contribution < -0.4 is 0 Å². The molecule has 5 rings (SSSR count). The fourth-order valence-electron chi connectivity index (χ4n) is 4.92. The average Bonchev–Trinajstić information content (AvgIpc) is 3.50. The Kier molecular flexibility index (Phi) is 5.94. The molecule has 1 aliphatic rings. The molecule has 7 heteroatoms. The number of aromatic nitrogens is 4. The molecule has 1 aliphatic carbocycles. The van der Waals surface area contributed by atoms with Crippen molar-refractivity contribution in [2.75, 3.05) is 0 Å². The summed E-state index contributed by atoms with van der Waals surface area (Å²) in [7, 11) is 0. The molecule has 170 valence electrons. The first-order chi connectivity index (χ1) is 16.1. The summed E-state index contributed by atoms with van der Waals surface area (Å²) in [6, 6.07) is 12.4. The zero-order valence-corrected chi connectivity index (χ0v) is 18.8. The van der Waals surface area contributed by atoms with Crippen LogP contribution in [0.15, 0.2) is 47.1 Å². The molecule has 0 unspecified atom stereocenters. The van der Waals surface area contributed by atoms with Crippen molar-refractivity contribution in [1.29, 1.82) is 0 Å². The Morgan fingerprint density at radius 2 is 1.94 bits per heavy atom. The lowest BCUT2D eigenvalue weighted by atomic mass is 9.81. The van der Waals surface area contributed by atoms with Gasteiger partial charge >= 0.3 is 5.97 Å². The van der Waals surface area contributed by atoms with Gasteiger partial charge in [0.2, 0.25) is 5.82 Å². The van der Waals surface area contributed by atoms with E-state index in [4.69, 9.17) is 9.63 Å². The SMILES string of the molecule is CCc1cc(-c2nc(-c3ccc4c(cnn4CCC(=O)O)c3)no2)ccc1C1CCCCC1. The van der Waals surface area contributed by atoms with Crippen LogP contribution in [0.1, 0.15) is 62.5 Å². The molecule has 2 aromatic carbocycles. The number of hydrogen-bond donors (Lipinski definition) is 1. The Bertz CT molecular complexity index is 1280. The number of aliphatic carboxylic acids is 1. The molecule has 2 aromatic heterocycles. The summed E-state index contributed by atoms with van der Waals surface area (Å²) in [5.74, 6) is 0.878. The zero-order valence-electron chi connectivity index (χ0n) is 18.8. The van der Waals surface area contributed by atoms with Gasteiger partial charge in [-0.25, -0.2) is 0 Å². The van der Waals surface area contributed by atoms with E-state index in [0.29, 0.717) is 24.2 Å². The molecule has 7 nitrogen and oxygen atoms in total. The topological polar surface area (TPSA) is 94.0 Å². The van der Waals surface area contributed by atoms with E-state index in [-0.39, 0.29) is 6.42 Å². The smallest absolute Gasteiger partial charge is 0.305 e. The number of aryl methyl sites for hydroxylation is 2. The predicted octanol–water partition coefficient (Wildman–Crippen LogP) is 5.84. The standard InChI is InChI=1S/C26H28N4O3/c1-2-17-14-20(8-10-22(17)18-6-4-3-5-7-18)26-28-25(29-33-26)19-9-11-23-21(15-19)16-27-30(23)13-12-24(31)32/h8-11,14-16,18H,2-7,12-13H2,1H3,(H,31,32). The molecule has 0 bridgehead atoms. The first-order valence-electron chi connectivity index (χ1n) is 11.8. The lowest BCUT2D eigenvalue weighted by Crippen LogP contribution is -2.07. The van der Waals surface area contributed by atoms with Crippen LogP contribution in [0.4, 0.5) is 0 Å². The summed E-state index contributed by atoms with van der Waals surface area (Å²) in [6.45, 7) is 2.54. The van der Waals surface area contributed by atoms with Gasteiger partial charge in [-0.1, -0.05) is 37.4 Å². The van der Waals surface area contributed by atoms with Crippen LogP contribution >= 0.6 is 0 Å². The number of nitrogens with zero attached hydrogens (tertiary/aromatic N) is 4. The molecular weight excluding hydrogens is 416 g/mol. The molecular formula is C26H28N4O3. The fraction of sp³-hybridized carbons (Fsp3) is 0.385. The number of carboxylic acids is 1. The van der Waals surface area contributed by atoms with Crippen molar-refractivity contribution in [3.63, 3.8) is 0 Å². The number of carbonyl (C=O) groups is 1. The molecule has 33 heavy (non-hydrogen) atoms. The summed E-state index contributed by atoms with van der Waals surface area (Å²) in [4.78, 5) is 15.5. The van der Waals surface area contributed by atoms with Crippen molar-refractivity contribution in [2.45, 2.75) is 64.3 Å². The Balaban J connectivity index is 1.39. The maximum atomic E-state index is 10.9. The third-order valence-electron chi connectivity index (χ3n) is 6.68. The second-order valence-electron chi connectivity index (χ2n) is 8.81. The van der Waals surface area contributed by atoms with Gasteiger partial charge in [0.05, 0.1) is 24.7 Å². The Morgan fingerprint density at radius 1 is 1.12 bits per heavy atom. The van der Waals surface area contributed by atoms with Crippen LogP contribution in [0.2, 0.25) is 0 Å². The van der Waals surface area contributed by atoms with Crippen molar-refractivity contribution in [3.8, 4) is 22.8 Å².